The Kier molecular flexibility index (Phi) is 9.12. The molecule has 0 fully saturated rings. The highest BCUT2D eigenvalue weighted by molar-refractivity contribution is 6.39. The lowest BCUT2D eigenvalue weighted by Gasteiger charge is -2.21. The molecular formula is C34H33Cl2N7O3. The zero-order valence-electron chi connectivity index (χ0n) is 25.9. The van der Waals surface area contributed by atoms with E-state index in [2.05, 4.69) is 25.5 Å². The Morgan fingerprint density at radius 1 is 0.935 bits per heavy atom. The van der Waals surface area contributed by atoms with Gasteiger partial charge in [-0.15, -0.1) is 0 Å². The van der Waals surface area contributed by atoms with E-state index in [0.717, 1.165) is 35.6 Å². The summed E-state index contributed by atoms with van der Waals surface area (Å²) in [6.45, 7) is 2.11. The van der Waals surface area contributed by atoms with Crippen molar-refractivity contribution in [3.05, 3.63) is 99.7 Å². The highest BCUT2D eigenvalue weighted by Gasteiger charge is 2.25. The summed E-state index contributed by atoms with van der Waals surface area (Å²) >= 11 is 13.9. The largest absolute Gasteiger partial charge is 0.481 e. The van der Waals surface area contributed by atoms with Gasteiger partial charge in [0.1, 0.15) is 0 Å². The van der Waals surface area contributed by atoms with E-state index < -0.39 is 0 Å². The number of rotatable bonds is 9. The Morgan fingerprint density at radius 2 is 1.70 bits per heavy atom. The van der Waals surface area contributed by atoms with Crippen molar-refractivity contribution < 1.29 is 14.3 Å². The van der Waals surface area contributed by atoms with Gasteiger partial charge in [0.05, 0.1) is 41.3 Å². The van der Waals surface area contributed by atoms with Gasteiger partial charge in [-0.25, -0.2) is 15.0 Å². The number of ether oxygens (including phenoxy) is 2. The minimum absolute atomic E-state index is 0.326. The summed E-state index contributed by atoms with van der Waals surface area (Å²) in [6.07, 6.45) is 2.52. The average molecular weight is 659 g/mol. The van der Waals surface area contributed by atoms with Crippen LogP contribution in [-0.2, 0) is 26.6 Å². The average Bonchev–Trinajstić information content (AvgIpc) is 3.40. The van der Waals surface area contributed by atoms with E-state index >= 15 is 0 Å². The Balaban J connectivity index is 1.25. The van der Waals surface area contributed by atoms with E-state index in [9.17, 15) is 4.79 Å². The summed E-state index contributed by atoms with van der Waals surface area (Å²) in [5, 5.41) is 7.14. The SMILES string of the molecule is COc1cc(NCc2ccc(-c3cccc(-c4cccc(NC(=O)c5nc6c(n5C)CCN(C)C6)c4Cl)c3Cl)nc2OC)ccn1. The van der Waals surface area contributed by atoms with Crippen LogP contribution in [0.4, 0.5) is 11.4 Å². The Bertz CT molecular complexity index is 1930. The Hall–Kier alpha value is -4.64. The standard InChI is InChI=1S/C34H33Cl2N7O3/c1-42-16-14-28-27(19-42)39-32(43(28)2)33(44)40-26-10-6-8-23(31(26)36)22-7-5-9-24(30(22)35)25-12-11-20(34(41-25)46-4)18-38-21-13-15-37-29(17-21)45-3/h5-13,15,17H,14,16,18-19H2,1-4H3,(H,37,38)(H,40,44). The monoisotopic (exact) mass is 657 g/mol. The maximum atomic E-state index is 13.4. The quantitative estimate of drug-likeness (QED) is 0.180. The lowest BCUT2D eigenvalue weighted by Crippen LogP contribution is -2.27. The molecule has 0 unspecified atom stereocenters. The lowest BCUT2D eigenvalue weighted by molar-refractivity contribution is 0.101. The second-order valence-electron chi connectivity index (χ2n) is 11.0. The van der Waals surface area contributed by atoms with Crippen LogP contribution in [0.2, 0.25) is 10.0 Å². The topological polar surface area (TPSA) is 106 Å². The molecule has 0 spiro atoms. The summed E-state index contributed by atoms with van der Waals surface area (Å²) in [7, 11) is 7.08. The predicted octanol–water partition coefficient (Wildman–Crippen LogP) is 6.72. The molecule has 1 aliphatic rings. The number of amides is 1. The number of benzene rings is 2. The first kappa shape index (κ1) is 31.3. The van der Waals surface area contributed by atoms with Gasteiger partial charge in [-0.05, 0) is 31.3 Å². The molecule has 0 atom stereocenters. The molecule has 12 heteroatoms. The summed E-state index contributed by atoms with van der Waals surface area (Å²) in [6, 6.07) is 18.7. The van der Waals surface area contributed by atoms with Crippen LogP contribution in [0.15, 0.2) is 66.9 Å². The number of likely N-dealkylation sites (N-methyl/N-ethyl adjacent to an activating group) is 1. The number of aromatic nitrogens is 4. The Labute approximate surface area is 277 Å². The van der Waals surface area contributed by atoms with E-state index in [1.54, 1.807) is 26.5 Å². The highest BCUT2D eigenvalue weighted by atomic mass is 35.5. The van der Waals surface area contributed by atoms with Crippen molar-refractivity contribution >= 4 is 40.5 Å². The molecule has 4 heterocycles. The highest BCUT2D eigenvalue weighted by Crippen LogP contribution is 2.41. The van der Waals surface area contributed by atoms with Crippen molar-refractivity contribution in [2.45, 2.75) is 19.5 Å². The minimum atomic E-state index is -0.326. The van der Waals surface area contributed by atoms with Crippen LogP contribution < -0.4 is 20.1 Å². The maximum Gasteiger partial charge on any atom is 0.291 e. The number of carbonyl (C=O) groups excluding carboxylic acids is 1. The van der Waals surface area contributed by atoms with Gasteiger partial charge in [0.15, 0.2) is 5.82 Å². The summed E-state index contributed by atoms with van der Waals surface area (Å²) < 4.78 is 12.7. The first-order valence-corrected chi connectivity index (χ1v) is 15.4. The molecule has 0 saturated carbocycles. The molecule has 5 aromatic rings. The number of hydrogen-bond acceptors (Lipinski definition) is 8. The van der Waals surface area contributed by atoms with Crippen LogP contribution in [0, 0.1) is 0 Å². The number of nitrogens with zero attached hydrogens (tertiary/aromatic N) is 5. The molecule has 1 aliphatic heterocycles. The van der Waals surface area contributed by atoms with Crippen molar-refractivity contribution in [3.8, 4) is 34.1 Å². The summed E-state index contributed by atoms with van der Waals surface area (Å²) in [5.74, 6) is 1.01. The van der Waals surface area contributed by atoms with Crippen molar-refractivity contribution in [1.82, 2.24) is 24.4 Å². The third-order valence-corrected chi connectivity index (χ3v) is 8.84. The van der Waals surface area contributed by atoms with E-state index in [1.165, 1.54) is 0 Å². The first-order chi connectivity index (χ1) is 22.3. The van der Waals surface area contributed by atoms with E-state index in [1.807, 2.05) is 73.3 Å². The number of nitrogens with one attached hydrogen (secondary N) is 2. The van der Waals surface area contributed by atoms with Gasteiger partial charge >= 0.3 is 0 Å². The zero-order valence-corrected chi connectivity index (χ0v) is 27.4. The van der Waals surface area contributed by atoms with E-state index in [0.29, 0.717) is 68.8 Å². The normalized spacial score (nSPS) is 12.8. The molecule has 0 radical (unpaired) electrons. The van der Waals surface area contributed by atoms with Crippen molar-refractivity contribution in [2.75, 3.05) is 38.4 Å². The van der Waals surface area contributed by atoms with Crippen LogP contribution in [0.25, 0.3) is 22.4 Å². The molecule has 0 bridgehead atoms. The molecule has 0 saturated heterocycles. The van der Waals surface area contributed by atoms with Gasteiger partial charge < -0.3 is 29.6 Å². The number of hydrogen-bond donors (Lipinski definition) is 2. The molecule has 236 valence electrons. The molecule has 3 aromatic heterocycles. The molecular weight excluding hydrogens is 625 g/mol. The van der Waals surface area contributed by atoms with Gasteiger partial charge in [0, 0.05) is 79.0 Å². The van der Waals surface area contributed by atoms with Gasteiger partial charge in [-0.1, -0.05) is 53.5 Å². The van der Waals surface area contributed by atoms with Crippen molar-refractivity contribution in [2.24, 2.45) is 7.05 Å². The molecule has 0 aliphatic carbocycles. The van der Waals surface area contributed by atoms with Crippen LogP contribution in [0.1, 0.15) is 27.6 Å². The predicted molar refractivity (Wildman–Crippen MR) is 181 cm³/mol. The fraction of sp³-hybridized carbons (Fsp3) is 0.235. The number of anilines is 2. The third kappa shape index (κ3) is 6.24. The first-order valence-electron chi connectivity index (χ1n) is 14.7. The fourth-order valence-corrected chi connectivity index (χ4v) is 6.17. The fourth-order valence-electron chi connectivity index (χ4n) is 5.57. The van der Waals surface area contributed by atoms with Gasteiger partial charge in [0.2, 0.25) is 11.8 Å². The zero-order chi connectivity index (χ0) is 32.4. The van der Waals surface area contributed by atoms with Crippen LogP contribution >= 0.6 is 23.2 Å². The van der Waals surface area contributed by atoms with Gasteiger partial charge in [-0.2, -0.15) is 0 Å². The number of fused-ring (bicyclic) bond motifs is 1. The van der Waals surface area contributed by atoms with Crippen molar-refractivity contribution in [3.63, 3.8) is 0 Å². The maximum absolute atomic E-state index is 13.4. The van der Waals surface area contributed by atoms with Crippen LogP contribution in [0.3, 0.4) is 0 Å². The third-order valence-electron chi connectivity index (χ3n) is 8.02. The molecule has 10 nitrogen and oxygen atoms in total. The number of carbonyl (C=O) groups is 1. The minimum Gasteiger partial charge on any atom is -0.481 e. The second-order valence-corrected chi connectivity index (χ2v) is 11.7. The number of imidazole rings is 1. The molecule has 46 heavy (non-hydrogen) atoms. The number of halogens is 2. The van der Waals surface area contributed by atoms with E-state index in [-0.39, 0.29) is 5.91 Å². The molecule has 6 rings (SSSR count). The van der Waals surface area contributed by atoms with Gasteiger partial charge in [0.25, 0.3) is 5.91 Å². The summed E-state index contributed by atoms with van der Waals surface area (Å²) in [4.78, 5) is 29.1. The van der Waals surface area contributed by atoms with Crippen LogP contribution in [0.5, 0.6) is 11.8 Å². The van der Waals surface area contributed by atoms with Crippen molar-refractivity contribution in [1.29, 1.82) is 0 Å². The van der Waals surface area contributed by atoms with E-state index in [4.69, 9.17) is 37.7 Å². The van der Waals surface area contributed by atoms with Gasteiger partial charge in [-0.3, -0.25) is 4.79 Å². The number of pyridine rings is 2. The summed E-state index contributed by atoms with van der Waals surface area (Å²) in [5.41, 5.74) is 6.92. The molecule has 2 N–H and O–H groups in total. The Morgan fingerprint density at radius 3 is 2.48 bits per heavy atom. The smallest absolute Gasteiger partial charge is 0.291 e. The molecule has 1 amide bonds. The van der Waals surface area contributed by atoms with Crippen LogP contribution in [-0.4, -0.2) is 58.1 Å². The second kappa shape index (κ2) is 13.4. The molecule has 2 aromatic carbocycles. The number of methoxy groups -OCH3 is 2. The lowest BCUT2D eigenvalue weighted by atomic mass is 10.00.